The molecule has 11 heteroatoms. The van der Waals surface area contributed by atoms with Gasteiger partial charge in [0.05, 0.1) is 5.69 Å². The molecule has 0 saturated carbocycles. The maximum atomic E-state index is 13.1. The van der Waals surface area contributed by atoms with Crippen LogP contribution in [0.3, 0.4) is 0 Å². The van der Waals surface area contributed by atoms with Crippen LogP contribution in [0.1, 0.15) is 15.2 Å². The molecular formula is C20H15Cl3N4O3S. The molecule has 0 aliphatic heterocycles. The van der Waals surface area contributed by atoms with E-state index in [1.165, 1.54) is 4.90 Å². The van der Waals surface area contributed by atoms with Crippen molar-refractivity contribution in [1.29, 1.82) is 0 Å². The summed E-state index contributed by atoms with van der Waals surface area (Å²) in [6.45, 7) is 0. The fraction of sp³-hybridized carbons (Fsp3) is 0.100. The number of anilines is 3. The zero-order chi connectivity index (χ0) is 22.4. The monoisotopic (exact) mass is 496 g/mol. The van der Waals surface area contributed by atoms with Crippen LogP contribution in [0.5, 0.6) is 0 Å². The minimum atomic E-state index is -0.516. The number of rotatable bonds is 8. The molecule has 0 spiro atoms. The van der Waals surface area contributed by atoms with Gasteiger partial charge in [-0.3, -0.25) is 30.1 Å². The van der Waals surface area contributed by atoms with Crippen molar-refractivity contribution in [2.75, 3.05) is 22.1 Å². The minimum Gasteiger partial charge on any atom is -0.288 e. The lowest BCUT2D eigenvalue weighted by atomic mass is 10.1. The van der Waals surface area contributed by atoms with E-state index in [0.717, 1.165) is 11.3 Å². The van der Waals surface area contributed by atoms with Crippen molar-refractivity contribution < 1.29 is 14.4 Å². The van der Waals surface area contributed by atoms with Gasteiger partial charge in [-0.1, -0.05) is 41.1 Å². The number of aromatic nitrogens is 1. The molecule has 0 atom stereocenters. The molecule has 160 valence electrons. The Bertz CT molecular complexity index is 1090. The number of alkyl halides is 2. The topological polar surface area (TPSA) is 91.4 Å². The summed E-state index contributed by atoms with van der Waals surface area (Å²) in [6.07, 6.45) is 0. The molecule has 2 amide bonds. The highest BCUT2D eigenvalue weighted by Gasteiger charge is 2.26. The first-order chi connectivity index (χ1) is 14.9. The zero-order valence-corrected chi connectivity index (χ0v) is 18.9. The van der Waals surface area contributed by atoms with E-state index in [-0.39, 0.29) is 33.4 Å². The molecule has 7 nitrogen and oxygen atoms in total. The molecule has 0 saturated heterocycles. The Labute approximate surface area is 196 Å². The number of carbonyl (C=O) groups is 3. The normalized spacial score (nSPS) is 10.4. The van der Waals surface area contributed by atoms with Crippen molar-refractivity contribution >= 4 is 80.4 Å². The zero-order valence-electron chi connectivity index (χ0n) is 15.8. The van der Waals surface area contributed by atoms with Gasteiger partial charge in [0.25, 0.3) is 5.91 Å². The predicted octanol–water partition coefficient (Wildman–Crippen LogP) is 4.61. The molecule has 0 aliphatic carbocycles. The molecule has 1 heterocycles. The van der Waals surface area contributed by atoms with Gasteiger partial charge in [0.1, 0.15) is 16.6 Å². The largest absolute Gasteiger partial charge is 0.288 e. The van der Waals surface area contributed by atoms with Crippen LogP contribution in [0.2, 0.25) is 5.02 Å². The number of ketones is 1. The van der Waals surface area contributed by atoms with Gasteiger partial charge >= 0.3 is 0 Å². The van der Waals surface area contributed by atoms with E-state index in [9.17, 15) is 14.4 Å². The first-order valence-electron chi connectivity index (χ1n) is 8.80. The van der Waals surface area contributed by atoms with E-state index < -0.39 is 11.8 Å². The van der Waals surface area contributed by atoms with E-state index in [2.05, 4.69) is 15.8 Å². The number of nitrogens with zero attached hydrogens (tertiary/aromatic N) is 2. The van der Waals surface area contributed by atoms with Crippen molar-refractivity contribution in [2.45, 2.75) is 0 Å². The number of para-hydroxylation sites is 1. The van der Waals surface area contributed by atoms with E-state index in [4.69, 9.17) is 34.8 Å². The van der Waals surface area contributed by atoms with Crippen molar-refractivity contribution in [1.82, 2.24) is 10.4 Å². The quantitative estimate of drug-likeness (QED) is 0.269. The third-order valence-corrected chi connectivity index (χ3v) is 5.70. The molecule has 3 aromatic rings. The van der Waals surface area contributed by atoms with Crippen molar-refractivity contribution in [3.63, 3.8) is 0 Å². The van der Waals surface area contributed by atoms with E-state index in [0.29, 0.717) is 16.3 Å². The van der Waals surface area contributed by atoms with Crippen molar-refractivity contribution in [3.05, 3.63) is 70.1 Å². The Morgan fingerprint density at radius 1 is 0.968 bits per heavy atom. The van der Waals surface area contributed by atoms with Gasteiger partial charge < -0.3 is 0 Å². The summed E-state index contributed by atoms with van der Waals surface area (Å²) >= 11 is 18.2. The lowest BCUT2D eigenvalue weighted by Gasteiger charge is -2.18. The number of carbonyl (C=O) groups excluding carboxylic acids is 3. The summed E-state index contributed by atoms with van der Waals surface area (Å²) in [5.74, 6) is -1.82. The number of hydrogen-bond acceptors (Lipinski definition) is 6. The molecule has 2 N–H and O–H groups in total. The highest BCUT2D eigenvalue weighted by molar-refractivity contribution is 7.18. The van der Waals surface area contributed by atoms with Crippen LogP contribution in [0, 0.1) is 0 Å². The Morgan fingerprint density at radius 3 is 2.26 bits per heavy atom. The molecule has 0 radical (unpaired) electrons. The summed E-state index contributed by atoms with van der Waals surface area (Å²) in [4.78, 5) is 43.1. The molecule has 2 aromatic carbocycles. The minimum absolute atomic E-state index is 0.0710. The summed E-state index contributed by atoms with van der Waals surface area (Å²) in [5, 5.41) is 0.689. The SMILES string of the molecule is O=C(CCl)NNc1nc(N(C(=O)CCl)c2ccccc2)sc1C(=O)c1ccc(Cl)cc1. The molecular weight excluding hydrogens is 483 g/mol. The Balaban J connectivity index is 2.06. The predicted molar refractivity (Wildman–Crippen MR) is 124 cm³/mol. The molecule has 0 bridgehead atoms. The standard InChI is InChI=1S/C20H15Cl3N4O3S/c21-10-15(28)25-26-19-18(17(30)12-6-8-13(23)9-7-12)31-20(24-19)27(16(29)11-22)14-4-2-1-3-5-14/h1-9,26H,10-11H2,(H,25,28). The van der Waals surface area contributed by atoms with Crippen LogP contribution in [0.15, 0.2) is 54.6 Å². The molecule has 0 fully saturated rings. The smallest absolute Gasteiger partial charge is 0.253 e. The second kappa shape index (κ2) is 10.6. The average Bonchev–Trinajstić information content (AvgIpc) is 3.21. The van der Waals surface area contributed by atoms with Crippen LogP contribution in [-0.4, -0.2) is 34.3 Å². The number of hydrazine groups is 1. The number of hydrogen-bond donors (Lipinski definition) is 2. The van der Waals surface area contributed by atoms with Crippen LogP contribution in [-0.2, 0) is 9.59 Å². The second-order valence-corrected chi connectivity index (χ2v) is 7.96. The molecule has 0 aliphatic rings. The van der Waals surface area contributed by atoms with Gasteiger partial charge in [-0.15, -0.1) is 23.2 Å². The van der Waals surface area contributed by atoms with E-state index in [1.807, 2.05) is 0 Å². The number of thiazole rings is 1. The molecule has 31 heavy (non-hydrogen) atoms. The van der Waals surface area contributed by atoms with Gasteiger partial charge in [0.2, 0.25) is 11.7 Å². The Kier molecular flexibility index (Phi) is 7.86. The van der Waals surface area contributed by atoms with Crippen LogP contribution >= 0.6 is 46.1 Å². The summed E-state index contributed by atoms with van der Waals surface area (Å²) < 4.78 is 0. The highest BCUT2D eigenvalue weighted by Crippen LogP contribution is 2.35. The second-order valence-electron chi connectivity index (χ2n) is 6.02. The van der Waals surface area contributed by atoms with Gasteiger partial charge in [-0.05, 0) is 36.4 Å². The molecule has 3 rings (SSSR count). The van der Waals surface area contributed by atoms with Gasteiger partial charge in [-0.25, -0.2) is 0 Å². The first-order valence-corrected chi connectivity index (χ1v) is 11.1. The summed E-state index contributed by atoms with van der Waals surface area (Å²) in [5.41, 5.74) is 5.86. The van der Waals surface area contributed by atoms with Crippen molar-refractivity contribution in [2.24, 2.45) is 0 Å². The van der Waals surface area contributed by atoms with E-state index in [1.54, 1.807) is 54.6 Å². The molecule has 0 unspecified atom stereocenters. The number of benzene rings is 2. The maximum Gasteiger partial charge on any atom is 0.253 e. The summed E-state index contributed by atoms with van der Waals surface area (Å²) in [7, 11) is 0. The van der Waals surface area contributed by atoms with Gasteiger partial charge in [0.15, 0.2) is 10.9 Å². The Hall–Kier alpha value is -2.65. The highest BCUT2D eigenvalue weighted by atomic mass is 35.5. The maximum absolute atomic E-state index is 13.1. The van der Waals surface area contributed by atoms with Crippen LogP contribution in [0.25, 0.3) is 0 Å². The third kappa shape index (κ3) is 5.54. The van der Waals surface area contributed by atoms with Crippen LogP contribution in [0.4, 0.5) is 16.6 Å². The number of halogens is 3. The van der Waals surface area contributed by atoms with Gasteiger partial charge in [-0.2, -0.15) is 4.98 Å². The fourth-order valence-electron chi connectivity index (χ4n) is 2.54. The number of amides is 2. The Morgan fingerprint density at radius 2 is 1.65 bits per heavy atom. The number of nitrogens with one attached hydrogen (secondary N) is 2. The van der Waals surface area contributed by atoms with Crippen LogP contribution < -0.4 is 15.8 Å². The lowest BCUT2D eigenvalue weighted by Crippen LogP contribution is -2.31. The van der Waals surface area contributed by atoms with E-state index >= 15 is 0 Å². The summed E-state index contributed by atoms with van der Waals surface area (Å²) in [6, 6.07) is 15.1. The lowest BCUT2D eigenvalue weighted by molar-refractivity contribution is -0.118. The third-order valence-electron chi connectivity index (χ3n) is 3.94. The average molecular weight is 498 g/mol. The fourth-order valence-corrected chi connectivity index (χ4v) is 3.87. The van der Waals surface area contributed by atoms with Crippen molar-refractivity contribution in [3.8, 4) is 0 Å². The van der Waals surface area contributed by atoms with Gasteiger partial charge in [0, 0.05) is 10.6 Å². The molecule has 1 aromatic heterocycles. The first kappa shape index (κ1) is 23.0.